The molecule has 9 heteroatoms. The van der Waals surface area contributed by atoms with E-state index in [1.54, 1.807) is 0 Å². The molecule has 1 aliphatic rings. The van der Waals surface area contributed by atoms with Gasteiger partial charge in [0.15, 0.2) is 0 Å². The second kappa shape index (κ2) is 5.58. The van der Waals surface area contributed by atoms with Crippen LogP contribution in [0, 0.1) is 0 Å². The number of nitrogens with two attached hydrogens (primary N) is 1. The van der Waals surface area contributed by atoms with Crippen LogP contribution in [0.25, 0.3) is 0 Å². The predicted molar refractivity (Wildman–Crippen MR) is 67.4 cm³/mol. The Kier molecular flexibility index (Phi) is 4.01. The number of pyridine rings is 1. The van der Waals surface area contributed by atoms with Gasteiger partial charge in [0.2, 0.25) is 5.91 Å². The molecule has 114 valence electrons. The number of carbonyl (C=O) groups is 2. The van der Waals surface area contributed by atoms with Crippen LogP contribution in [0.15, 0.2) is 12.1 Å². The molecule has 0 spiro atoms. The van der Waals surface area contributed by atoms with Gasteiger partial charge in [-0.1, -0.05) is 0 Å². The van der Waals surface area contributed by atoms with E-state index in [1.807, 2.05) is 0 Å². The molecule has 0 radical (unpaired) electrons. The third-order valence-electron chi connectivity index (χ3n) is 3.06. The number of amides is 2. The fourth-order valence-corrected chi connectivity index (χ4v) is 1.98. The highest BCUT2D eigenvalue weighted by Gasteiger charge is 2.33. The van der Waals surface area contributed by atoms with Crippen LogP contribution >= 0.6 is 0 Å². The van der Waals surface area contributed by atoms with E-state index >= 15 is 0 Å². The van der Waals surface area contributed by atoms with E-state index in [2.05, 4.69) is 15.6 Å². The lowest BCUT2D eigenvalue weighted by Gasteiger charge is -2.25. The molecule has 1 unspecified atom stereocenters. The maximum atomic E-state index is 12.7. The number of piperidine rings is 1. The second-order valence-corrected chi connectivity index (χ2v) is 4.64. The molecule has 0 aliphatic carbocycles. The van der Waals surface area contributed by atoms with Crippen molar-refractivity contribution in [3.63, 3.8) is 0 Å². The van der Waals surface area contributed by atoms with Gasteiger partial charge in [-0.2, -0.15) is 13.2 Å². The van der Waals surface area contributed by atoms with Crippen molar-refractivity contribution in [3.8, 4) is 0 Å². The summed E-state index contributed by atoms with van der Waals surface area (Å²) in [4.78, 5) is 25.7. The molecule has 21 heavy (non-hydrogen) atoms. The standard InChI is InChI=1S/C12H13F3N4O2/c13-12(14,15)8-3-2-7(10(16)21)11(19-8)18-6-1-4-9(20)17-5-6/h2-3,6H,1,4-5H2,(H2,16,21)(H,17,20)(H,18,19). The van der Waals surface area contributed by atoms with E-state index in [9.17, 15) is 22.8 Å². The summed E-state index contributed by atoms with van der Waals surface area (Å²) in [6.07, 6.45) is -3.93. The normalized spacial score (nSPS) is 19.0. The third-order valence-corrected chi connectivity index (χ3v) is 3.06. The molecular weight excluding hydrogens is 289 g/mol. The number of halogens is 3. The lowest BCUT2D eigenvalue weighted by atomic mass is 10.1. The van der Waals surface area contributed by atoms with Crippen LogP contribution < -0.4 is 16.4 Å². The first-order chi connectivity index (χ1) is 9.77. The Labute approximate surface area is 117 Å². The van der Waals surface area contributed by atoms with Crippen LogP contribution in [-0.2, 0) is 11.0 Å². The molecule has 4 N–H and O–H groups in total. The average molecular weight is 302 g/mol. The van der Waals surface area contributed by atoms with Crippen molar-refractivity contribution >= 4 is 17.6 Å². The fraction of sp³-hybridized carbons (Fsp3) is 0.417. The SMILES string of the molecule is NC(=O)c1ccc(C(F)(F)F)nc1NC1CCC(=O)NC1. The Morgan fingerprint density at radius 2 is 2.14 bits per heavy atom. The molecular formula is C12H13F3N4O2. The summed E-state index contributed by atoms with van der Waals surface area (Å²) in [6, 6.07) is 1.38. The maximum Gasteiger partial charge on any atom is 0.433 e. The van der Waals surface area contributed by atoms with E-state index in [0.29, 0.717) is 12.5 Å². The Hall–Kier alpha value is -2.32. The minimum atomic E-state index is -4.62. The van der Waals surface area contributed by atoms with Crippen LogP contribution in [-0.4, -0.2) is 29.4 Å². The first-order valence-electron chi connectivity index (χ1n) is 6.18. The first kappa shape index (κ1) is 15.1. The van der Waals surface area contributed by atoms with E-state index in [-0.39, 0.29) is 36.3 Å². The average Bonchev–Trinajstić information content (AvgIpc) is 2.40. The Bertz CT molecular complexity index is 564. The van der Waals surface area contributed by atoms with Crippen molar-refractivity contribution in [1.82, 2.24) is 10.3 Å². The summed E-state index contributed by atoms with van der Waals surface area (Å²) in [5, 5.41) is 5.32. The van der Waals surface area contributed by atoms with Crippen LogP contribution in [0.2, 0.25) is 0 Å². The van der Waals surface area contributed by atoms with E-state index < -0.39 is 17.8 Å². The van der Waals surface area contributed by atoms with E-state index in [1.165, 1.54) is 0 Å². The Morgan fingerprint density at radius 1 is 1.43 bits per heavy atom. The lowest BCUT2D eigenvalue weighted by Crippen LogP contribution is -2.42. The lowest BCUT2D eigenvalue weighted by molar-refractivity contribution is -0.141. The smallest absolute Gasteiger partial charge is 0.365 e. The molecule has 0 aromatic carbocycles. The van der Waals surface area contributed by atoms with Crippen LogP contribution in [0.3, 0.4) is 0 Å². The minimum absolute atomic E-state index is 0.125. The van der Waals surface area contributed by atoms with Gasteiger partial charge in [-0.05, 0) is 18.6 Å². The van der Waals surface area contributed by atoms with Crippen molar-refractivity contribution in [2.24, 2.45) is 5.73 Å². The van der Waals surface area contributed by atoms with Gasteiger partial charge >= 0.3 is 6.18 Å². The zero-order chi connectivity index (χ0) is 15.6. The summed E-state index contributed by atoms with van der Waals surface area (Å²) in [5.74, 6) is -1.22. The number of primary amides is 1. The summed E-state index contributed by atoms with van der Waals surface area (Å²) < 4.78 is 38.0. The van der Waals surface area contributed by atoms with Gasteiger partial charge in [0.1, 0.15) is 11.5 Å². The van der Waals surface area contributed by atoms with Gasteiger partial charge in [0, 0.05) is 19.0 Å². The largest absolute Gasteiger partial charge is 0.433 e. The Morgan fingerprint density at radius 3 is 2.67 bits per heavy atom. The molecule has 2 rings (SSSR count). The molecule has 1 fully saturated rings. The zero-order valence-electron chi connectivity index (χ0n) is 10.8. The number of hydrogen-bond donors (Lipinski definition) is 3. The molecule has 1 aromatic heterocycles. The maximum absolute atomic E-state index is 12.7. The van der Waals surface area contributed by atoms with Gasteiger partial charge in [-0.25, -0.2) is 4.98 Å². The summed E-state index contributed by atoms with van der Waals surface area (Å²) >= 11 is 0. The highest BCUT2D eigenvalue weighted by molar-refractivity contribution is 5.97. The number of nitrogens with zero attached hydrogens (tertiary/aromatic N) is 1. The molecule has 0 bridgehead atoms. The van der Waals surface area contributed by atoms with Crippen LogP contribution in [0.4, 0.5) is 19.0 Å². The number of aromatic nitrogens is 1. The number of hydrogen-bond acceptors (Lipinski definition) is 4. The molecule has 6 nitrogen and oxygen atoms in total. The van der Waals surface area contributed by atoms with Gasteiger partial charge in [-0.3, -0.25) is 9.59 Å². The predicted octanol–water partition coefficient (Wildman–Crippen LogP) is 0.890. The Balaban J connectivity index is 2.26. The molecule has 1 atom stereocenters. The van der Waals surface area contributed by atoms with Gasteiger partial charge in [0.25, 0.3) is 5.91 Å². The molecule has 2 amide bonds. The highest BCUT2D eigenvalue weighted by atomic mass is 19.4. The fourth-order valence-electron chi connectivity index (χ4n) is 1.98. The van der Waals surface area contributed by atoms with Gasteiger partial charge in [-0.15, -0.1) is 0 Å². The highest BCUT2D eigenvalue weighted by Crippen LogP contribution is 2.29. The number of nitrogens with one attached hydrogen (secondary N) is 2. The number of alkyl halides is 3. The van der Waals surface area contributed by atoms with Crippen molar-refractivity contribution in [2.45, 2.75) is 25.1 Å². The quantitative estimate of drug-likeness (QED) is 0.772. The number of anilines is 1. The summed E-state index contributed by atoms with van der Waals surface area (Å²) in [5.41, 5.74) is 3.89. The summed E-state index contributed by atoms with van der Waals surface area (Å²) in [6.45, 7) is 0.245. The van der Waals surface area contributed by atoms with Crippen LogP contribution in [0.1, 0.15) is 28.9 Å². The first-order valence-corrected chi connectivity index (χ1v) is 6.18. The molecule has 1 aromatic rings. The number of rotatable bonds is 3. The minimum Gasteiger partial charge on any atom is -0.365 e. The van der Waals surface area contributed by atoms with Gasteiger partial charge in [0.05, 0.1) is 5.56 Å². The van der Waals surface area contributed by atoms with Crippen molar-refractivity contribution < 1.29 is 22.8 Å². The zero-order valence-corrected chi connectivity index (χ0v) is 10.8. The van der Waals surface area contributed by atoms with Crippen LogP contribution in [0.5, 0.6) is 0 Å². The third kappa shape index (κ3) is 3.61. The monoisotopic (exact) mass is 302 g/mol. The molecule has 1 saturated heterocycles. The molecule has 0 saturated carbocycles. The topological polar surface area (TPSA) is 97.1 Å². The molecule has 2 heterocycles. The number of carbonyl (C=O) groups excluding carboxylic acids is 2. The second-order valence-electron chi connectivity index (χ2n) is 4.64. The van der Waals surface area contributed by atoms with E-state index in [4.69, 9.17) is 5.73 Å². The van der Waals surface area contributed by atoms with E-state index in [0.717, 1.165) is 6.07 Å². The van der Waals surface area contributed by atoms with Gasteiger partial charge < -0.3 is 16.4 Å². The summed E-state index contributed by atoms with van der Waals surface area (Å²) in [7, 11) is 0. The van der Waals surface area contributed by atoms with Crippen molar-refractivity contribution in [3.05, 3.63) is 23.4 Å². The molecule has 1 aliphatic heterocycles. The van der Waals surface area contributed by atoms with Crippen molar-refractivity contribution in [1.29, 1.82) is 0 Å². The van der Waals surface area contributed by atoms with Crippen molar-refractivity contribution in [2.75, 3.05) is 11.9 Å².